The first-order chi connectivity index (χ1) is 6.27. The Morgan fingerprint density at radius 3 is 2.38 bits per heavy atom. The lowest BCUT2D eigenvalue weighted by atomic mass is 10.0. The molecule has 0 heterocycles. The molecule has 0 bridgehead atoms. The maximum atomic E-state index is 8.84. The molecule has 1 aromatic carbocycles. The lowest BCUT2D eigenvalue weighted by Crippen LogP contribution is -2.14. The molecule has 2 nitrogen and oxygen atoms in total. The molecule has 3 N–H and O–H groups in total. The van der Waals surface area contributed by atoms with E-state index in [0.29, 0.717) is 0 Å². The van der Waals surface area contributed by atoms with Crippen LogP contribution in [0.4, 0.5) is 0 Å². The summed E-state index contributed by atoms with van der Waals surface area (Å²) in [6, 6.07) is 7.90. The van der Waals surface area contributed by atoms with E-state index in [0.717, 1.165) is 18.4 Å². The van der Waals surface area contributed by atoms with Gasteiger partial charge in [-0.15, -0.1) is 0 Å². The van der Waals surface area contributed by atoms with Gasteiger partial charge in [0.15, 0.2) is 0 Å². The highest BCUT2D eigenvalue weighted by Gasteiger charge is 2.02. The van der Waals surface area contributed by atoms with Crippen molar-refractivity contribution in [3.05, 3.63) is 35.4 Å². The van der Waals surface area contributed by atoms with E-state index in [4.69, 9.17) is 10.8 Å². The topological polar surface area (TPSA) is 46.2 Å². The lowest BCUT2D eigenvalue weighted by Gasteiger charge is -2.08. The number of hydrogen-bond acceptors (Lipinski definition) is 2. The molecular formula is C11H17NO. The van der Waals surface area contributed by atoms with Crippen LogP contribution in [0.1, 0.15) is 30.5 Å². The number of aliphatic hydroxyl groups excluding tert-OH is 1. The van der Waals surface area contributed by atoms with Gasteiger partial charge in [-0.25, -0.2) is 0 Å². The van der Waals surface area contributed by atoms with E-state index < -0.39 is 0 Å². The zero-order chi connectivity index (χ0) is 9.68. The van der Waals surface area contributed by atoms with Gasteiger partial charge in [0.25, 0.3) is 0 Å². The smallest absolute Gasteiger partial charge is 0.0624 e. The molecule has 0 aliphatic heterocycles. The van der Waals surface area contributed by atoms with Crippen LogP contribution < -0.4 is 5.73 Å². The molecule has 72 valence electrons. The molecule has 0 radical (unpaired) electrons. The van der Waals surface area contributed by atoms with E-state index in [9.17, 15) is 0 Å². The molecule has 1 rings (SSSR count). The summed E-state index contributed by atoms with van der Waals surface area (Å²) in [7, 11) is 0. The standard InChI is InChI=1S/C11H17NO/c1-2-3-9-4-6-10(7-5-9)11(12)8-13/h4-7,11,13H,2-3,8,12H2,1H3/t11-/m1/s1. The van der Waals surface area contributed by atoms with Crippen molar-refractivity contribution in [1.82, 2.24) is 0 Å². The average molecular weight is 179 g/mol. The summed E-state index contributed by atoms with van der Waals surface area (Å²) < 4.78 is 0. The van der Waals surface area contributed by atoms with E-state index in [2.05, 4.69) is 19.1 Å². The minimum absolute atomic E-state index is 0.00707. The van der Waals surface area contributed by atoms with Crippen molar-refractivity contribution in [3.63, 3.8) is 0 Å². The van der Waals surface area contributed by atoms with Crippen LogP contribution in [0.15, 0.2) is 24.3 Å². The maximum Gasteiger partial charge on any atom is 0.0624 e. The number of nitrogens with two attached hydrogens (primary N) is 1. The Balaban J connectivity index is 2.69. The fourth-order valence-corrected chi connectivity index (χ4v) is 1.33. The second kappa shape index (κ2) is 5.00. The summed E-state index contributed by atoms with van der Waals surface area (Å²) in [5, 5.41) is 8.84. The van der Waals surface area contributed by atoms with Crippen molar-refractivity contribution in [1.29, 1.82) is 0 Å². The fourth-order valence-electron chi connectivity index (χ4n) is 1.33. The van der Waals surface area contributed by atoms with Crippen molar-refractivity contribution < 1.29 is 5.11 Å². The Bertz CT molecular complexity index is 243. The van der Waals surface area contributed by atoms with Gasteiger partial charge in [-0.1, -0.05) is 37.6 Å². The monoisotopic (exact) mass is 179 g/mol. The molecule has 1 atom stereocenters. The molecule has 0 saturated heterocycles. The van der Waals surface area contributed by atoms with Crippen LogP contribution in [0.5, 0.6) is 0 Å². The van der Waals surface area contributed by atoms with Gasteiger partial charge < -0.3 is 10.8 Å². The van der Waals surface area contributed by atoms with Crippen LogP contribution in [-0.2, 0) is 6.42 Å². The quantitative estimate of drug-likeness (QED) is 0.738. The normalized spacial score (nSPS) is 12.8. The zero-order valence-electron chi connectivity index (χ0n) is 8.03. The SMILES string of the molecule is CCCc1ccc([C@H](N)CO)cc1. The third-order valence-corrected chi connectivity index (χ3v) is 2.14. The van der Waals surface area contributed by atoms with Crippen molar-refractivity contribution in [3.8, 4) is 0 Å². The first-order valence-corrected chi connectivity index (χ1v) is 4.73. The van der Waals surface area contributed by atoms with Gasteiger partial charge in [-0.3, -0.25) is 0 Å². The Labute approximate surface area is 79.4 Å². The van der Waals surface area contributed by atoms with Crippen molar-refractivity contribution >= 4 is 0 Å². The largest absolute Gasteiger partial charge is 0.394 e. The van der Waals surface area contributed by atoms with E-state index in [1.807, 2.05) is 12.1 Å². The molecule has 0 amide bonds. The number of hydrogen-bond donors (Lipinski definition) is 2. The third kappa shape index (κ3) is 2.83. The molecule has 0 spiro atoms. The van der Waals surface area contributed by atoms with Crippen molar-refractivity contribution in [2.75, 3.05) is 6.61 Å². The average Bonchev–Trinajstić information content (AvgIpc) is 2.18. The molecular weight excluding hydrogens is 162 g/mol. The van der Waals surface area contributed by atoms with Gasteiger partial charge in [0.1, 0.15) is 0 Å². The number of benzene rings is 1. The van der Waals surface area contributed by atoms with Crippen LogP contribution in [0.25, 0.3) is 0 Å². The number of rotatable bonds is 4. The molecule has 1 aromatic rings. The highest BCUT2D eigenvalue weighted by molar-refractivity contribution is 5.24. The second-order valence-corrected chi connectivity index (χ2v) is 3.28. The van der Waals surface area contributed by atoms with E-state index in [-0.39, 0.29) is 12.6 Å². The number of aliphatic hydroxyl groups is 1. The summed E-state index contributed by atoms with van der Waals surface area (Å²) in [5.41, 5.74) is 8.00. The van der Waals surface area contributed by atoms with Gasteiger partial charge in [-0.2, -0.15) is 0 Å². The van der Waals surface area contributed by atoms with Crippen LogP contribution in [0.3, 0.4) is 0 Å². The van der Waals surface area contributed by atoms with Crippen LogP contribution in [0.2, 0.25) is 0 Å². The van der Waals surface area contributed by atoms with Crippen molar-refractivity contribution in [2.45, 2.75) is 25.8 Å². The van der Waals surface area contributed by atoms with Gasteiger partial charge in [0.2, 0.25) is 0 Å². The Morgan fingerprint density at radius 2 is 1.92 bits per heavy atom. The second-order valence-electron chi connectivity index (χ2n) is 3.28. The number of aryl methyl sites for hydroxylation is 1. The first kappa shape index (κ1) is 10.2. The minimum Gasteiger partial charge on any atom is -0.394 e. The van der Waals surface area contributed by atoms with E-state index in [1.54, 1.807) is 0 Å². The highest BCUT2D eigenvalue weighted by Crippen LogP contribution is 2.11. The molecule has 0 saturated carbocycles. The summed E-state index contributed by atoms with van der Waals surface area (Å²) in [6.07, 6.45) is 2.26. The van der Waals surface area contributed by atoms with Crippen LogP contribution in [-0.4, -0.2) is 11.7 Å². The predicted octanol–water partition coefficient (Wildman–Crippen LogP) is 1.63. The summed E-state index contributed by atoms with van der Waals surface area (Å²) in [5.74, 6) is 0. The van der Waals surface area contributed by atoms with Gasteiger partial charge in [0.05, 0.1) is 12.6 Å². The van der Waals surface area contributed by atoms with E-state index in [1.165, 1.54) is 5.56 Å². The molecule has 0 fully saturated rings. The van der Waals surface area contributed by atoms with E-state index >= 15 is 0 Å². The zero-order valence-corrected chi connectivity index (χ0v) is 8.03. The van der Waals surface area contributed by atoms with Crippen molar-refractivity contribution in [2.24, 2.45) is 5.73 Å². The molecule has 0 aliphatic carbocycles. The fraction of sp³-hybridized carbons (Fsp3) is 0.455. The van der Waals surface area contributed by atoms with Crippen LogP contribution in [0, 0.1) is 0 Å². The Morgan fingerprint density at radius 1 is 1.31 bits per heavy atom. The first-order valence-electron chi connectivity index (χ1n) is 4.73. The third-order valence-electron chi connectivity index (χ3n) is 2.14. The summed E-state index contributed by atoms with van der Waals surface area (Å²) in [6.45, 7) is 2.17. The molecule has 0 unspecified atom stereocenters. The Hall–Kier alpha value is -0.860. The van der Waals surface area contributed by atoms with Gasteiger partial charge >= 0.3 is 0 Å². The summed E-state index contributed by atoms with van der Waals surface area (Å²) in [4.78, 5) is 0. The maximum absolute atomic E-state index is 8.84. The predicted molar refractivity (Wildman–Crippen MR) is 54.5 cm³/mol. The minimum atomic E-state index is -0.240. The van der Waals surface area contributed by atoms with Gasteiger partial charge in [0, 0.05) is 0 Å². The Kier molecular flexibility index (Phi) is 3.93. The molecule has 13 heavy (non-hydrogen) atoms. The van der Waals surface area contributed by atoms with Crippen LogP contribution >= 0.6 is 0 Å². The molecule has 0 aliphatic rings. The molecule has 0 aromatic heterocycles. The lowest BCUT2D eigenvalue weighted by molar-refractivity contribution is 0.268. The summed E-state index contributed by atoms with van der Waals surface area (Å²) >= 11 is 0. The van der Waals surface area contributed by atoms with Gasteiger partial charge in [-0.05, 0) is 17.5 Å². The molecule has 2 heteroatoms. The highest BCUT2D eigenvalue weighted by atomic mass is 16.3.